The van der Waals surface area contributed by atoms with E-state index in [4.69, 9.17) is 4.74 Å². The fourth-order valence-electron chi connectivity index (χ4n) is 3.37. The third-order valence-corrected chi connectivity index (χ3v) is 4.92. The van der Waals surface area contributed by atoms with E-state index in [9.17, 15) is 9.59 Å². The molecular weight excluding hydrogens is 356 g/mol. The number of fused-ring (bicyclic) bond motifs is 1. The molecular formula is C21H28N4O3. The van der Waals surface area contributed by atoms with Crippen LogP contribution in [0, 0.1) is 6.92 Å². The highest BCUT2D eigenvalue weighted by molar-refractivity contribution is 5.97. The van der Waals surface area contributed by atoms with Crippen molar-refractivity contribution < 1.29 is 14.3 Å². The molecule has 0 saturated heterocycles. The third-order valence-electron chi connectivity index (χ3n) is 4.92. The molecule has 1 aliphatic heterocycles. The van der Waals surface area contributed by atoms with Gasteiger partial charge < -0.3 is 19.9 Å². The van der Waals surface area contributed by atoms with Crippen LogP contribution in [0.3, 0.4) is 0 Å². The number of amides is 2. The average molecular weight is 384 g/mol. The number of hydrogen-bond acceptors (Lipinski definition) is 4. The van der Waals surface area contributed by atoms with Gasteiger partial charge in [0, 0.05) is 33.4 Å². The van der Waals surface area contributed by atoms with E-state index >= 15 is 0 Å². The predicted octanol–water partition coefficient (Wildman–Crippen LogP) is 2.22. The standard InChI is InChI=1S/C21H28N4O3/c1-15-7-9-16(10-8-15)14-23-20(26)18-17-6-3-4-12-25(17)19(24-18)21(27)22-11-5-13-28-2/h7-10H,3-6,11-14H2,1-2H3,(H,22,27)(H,23,26). The van der Waals surface area contributed by atoms with Crippen LogP contribution in [0.15, 0.2) is 24.3 Å². The molecule has 0 aliphatic carbocycles. The maximum atomic E-state index is 12.8. The van der Waals surface area contributed by atoms with Crippen LogP contribution in [0.5, 0.6) is 0 Å². The molecule has 2 aromatic rings. The quantitative estimate of drug-likeness (QED) is 0.684. The molecule has 1 aromatic heterocycles. The Labute approximate surface area is 165 Å². The van der Waals surface area contributed by atoms with Crippen molar-refractivity contribution in [2.75, 3.05) is 20.3 Å². The van der Waals surface area contributed by atoms with E-state index in [1.165, 1.54) is 5.56 Å². The molecule has 0 bridgehead atoms. The Morgan fingerprint density at radius 1 is 1.14 bits per heavy atom. The predicted molar refractivity (Wildman–Crippen MR) is 106 cm³/mol. The maximum Gasteiger partial charge on any atom is 0.287 e. The lowest BCUT2D eigenvalue weighted by molar-refractivity contribution is 0.0932. The number of aryl methyl sites for hydroxylation is 1. The number of methoxy groups -OCH3 is 1. The van der Waals surface area contributed by atoms with Crippen molar-refractivity contribution in [2.24, 2.45) is 0 Å². The van der Waals surface area contributed by atoms with Gasteiger partial charge in [-0.1, -0.05) is 29.8 Å². The molecule has 3 rings (SSSR count). The van der Waals surface area contributed by atoms with Crippen LogP contribution in [0.2, 0.25) is 0 Å². The second-order valence-corrected chi connectivity index (χ2v) is 7.11. The highest BCUT2D eigenvalue weighted by Gasteiger charge is 2.27. The van der Waals surface area contributed by atoms with Crippen molar-refractivity contribution in [2.45, 2.75) is 45.7 Å². The molecule has 2 N–H and O–H groups in total. The molecule has 150 valence electrons. The van der Waals surface area contributed by atoms with Crippen molar-refractivity contribution in [3.8, 4) is 0 Å². The second kappa shape index (κ2) is 9.50. The van der Waals surface area contributed by atoms with Crippen molar-refractivity contribution >= 4 is 11.8 Å². The number of benzene rings is 1. The molecule has 1 aliphatic rings. The van der Waals surface area contributed by atoms with E-state index in [1.54, 1.807) is 7.11 Å². The largest absolute Gasteiger partial charge is 0.385 e. The summed E-state index contributed by atoms with van der Waals surface area (Å²) in [6.45, 7) is 4.29. The van der Waals surface area contributed by atoms with Crippen molar-refractivity contribution in [3.63, 3.8) is 0 Å². The minimum absolute atomic E-state index is 0.232. The number of nitrogens with zero attached hydrogens (tertiary/aromatic N) is 2. The van der Waals surface area contributed by atoms with Gasteiger partial charge >= 0.3 is 0 Å². The third kappa shape index (κ3) is 4.78. The Bertz CT molecular complexity index is 827. The number of carbonyl (C=O) groups excluding carboxylic acids is 2. The fraction of sp³-hybridized carbons (Fsp3) is 0.476. The van der Waals surface area contributed by atoms with Crippen LogP contribution < -0.4 is 10.6 Å². The first kappa shape index (κ1) is 20.1. The van der Waals surface area contributed by atoms with Crippen LogP contribution in [0.1, 0.15) is 57.2 Å². The Balaban J connectivity index is 1.71. The van der Waals surface area contributed by atoms with Gasteiger partial charge in [-0.05, 0) is 38.2 Å². The van der Waals surface area contributed by atoms with Gasteiger partial charge in [-0.2, -0.15) is 0 Å². The van der Waals surface area contributed by atoms with Gasteiger partial charge in [-0.3, -0.25) is 9.59 Å². The molecule has 28 heavy (non-hydrogen) atoms. The summed E-state index contributed by atoms with van der Waals surface area (Å²) in [6, 6.07) is 8.03. The zero-order valence-corrected chi connectivity index (χ0v) is 16.6. The van der Waals surface area contributed by atoms with Crippen LogP contribution in [-0.2, 0) is 24.2 Å². The van der Waals surface area contributed by atoms with Gasteiger partial charge in [0.05, 0.1) is 5.69 Å². The molecule has 0 fully saturated rings. The number of nitrogens with one attached hydrogen (secondary N) is 2. The number of ether oxygens (including phenoxy) is 1. The molecule has 0 spiro atoms. The van der Waals surface area contributed by atoms with Crippen LogP contribution in [0.25, 0.3) is 0 Å². The smallest absolute Gasteiger partial charge is 0.287 e. The first-order valence-electron chi connectivity index (χ1n) is 9.80. The minimum Gasteiger partial charge on any atom is -0.385 e. The summed E-state index contributed by atoms with van der Waals surface area (Å²) in [4.78, 5) is 29.7. The molecule has 7 nitrogen and oxygen atoms in total. The van der Waals surface area contributed by atoms with E-state index in [0.29, 0.717) is 37.8 Å². The van der Waals surface area contributed by atoms with Crippen molar-refractivity contribution in [3.05, 3.63) is 52.6 Å². The molecule has 2 heterocycles. The van der Waals surface area contributed by atoms with Gasteiger partial charge in [0.25, 0.3) is 11.8 Å². The van der Waals surface area contributed by atoms with E-state index < -0.39 is 0 Å². The summed E-state index contributed by atoms with van der Waals surface area (Å²) >= 11 is 0. The van der Waals surface area contributed by atoms with E-state index in [1.807, 2.05) is 35.8 Å². The second-order valence-electron chi connectivity index (χ2n) is 7.11. The van der Waals surface area contributed by atoms with Gasteiger partial charge in [-0.15, -0.1) is 0 Å². The number of carbonyl (C=O) groups is 2. The Hall–Kier alpha value is -2.67. The lowest BCUT2D eigenvalue weighted by Crippen LogP contribution is -2.29. The lowest BCUT2D eigenvalue weighted by atomic mass is 10.1. The Morgan fingerprint density at radius 2 is 1.93 bits per heavy atom. The highest BCUT2D eigenvalue weighted by atomic mass is 16.5. The topological polar surface area (TPSA) is 85.2 Å². The van der Waals surface area contributed by atoms with Crippen LogP contribution in [-0.4, -0.2) is 41.6 Å². The van der Waals surface area contributed by atoms with Crippen LogP contribution >= 0.6 is 0 Å². The molecule has 0 saturated carbocycles. The summed E-state index contributed by atoms with van der Waals surface area (Å²) in [7, 11) is 1.63. The zero-order chi connectivity index (χ0) is 19.9. The Morgan fingerprint density at radius 3 is 2.68 bits per heavy atom. The molecule has 2 amide bonds. The van der Waals surface area contributed by atoms with Crippen molar-refractivity contribution in [1.82, 2.24) is 20.2 Å². The first-order valence-corrected chi connectivity index (χ1v) is 9.80. The summed E-state index contributed by atoms with van der Waals surface area (Å²) in [5.41, 5.74) is 3.44. The van der Waals surface area contributed by atoms with E-state index in [0.717, 1.165) is 36.9 Å². The van der Waals surface area contributed by atoms with Gasteiger partial charge in [0.1, 0.15) is 5.69 Å². The molecule has 0 radical (unpaired) electrons. The summed E-state index contributed by atoms with van der Waals surface area (Å²) in [5, 5.41) is 5.80. The summed E-state index contributed by atoms with van der Waals surface area (Å²) < 4.78 is 6.90. The van der Waals surface area contributed by atoms with E-state index in [2.05, 4.69) is 15.6 Å². The molecule has 0 atom stereocenters. The number of imidazole rings is 1. The van der Waals surface area contributed by atoms with Gasteiger partial charge in [-0.25, -0.2) is 4.98 Å². The van der Waals surface area contributed by atoms with Gasteiger partial charge in [0.2, 0.25) is 0 Å². The minimum atomic E-state index is -0.239. The zero-order valence-electron chi connectivity index (χ0n) is 16.6. The number of rotatable bonds is 8. The van der Waals surface area contributed by atoms with Gasteiger partial charge in [0.15, 0.2) is 5.82 Å². The van der Waals surface area contributed by atoms with Crippen molar-refractivity contribution in [1.29, 1.82) is 0 Å². The normalized spacial score (nSPS) is 13.1. The molecule has 7 heteroatoms. The Kier molecular flexibility index (Phi) is 6.81. The lowest BCUT2D eigenvalue weighted by Gasteiger charge is -2.17. The average Bonchev–Trinajstić information content (AvgIpc) is 3.10. The highest BCUT2D eigenvalue weighted by Crippen LogP contribution is 2.21. The molecule has 0 unspecified atom stereocenters. The number of hydrogen-bond donors (Lipinski definition) is 2. The molecule has 1 aromatic carbocycles. The monoisotopic (exact) mass is 384 g/mol. The first-order chi connectivity index (χ1) is 13.6. The fourth-order valence-corrected chi connectivity index (χ4v) is 3.37. The SMILES string of the molecule is COCCCNC(=O)c1nc(C(=O)NCc2ccc(C)cc2)c2n1CCCC2. The van der Waals surface area contributed by atoms with Crippen LogP contribution in [0.4, 0.5) is 0 Å². The van der Waals surface area contributed by atoms with E-state index in [-0.39, 0.29) is 11.8 Å². The number of aromatic nitrogens is 2. The summed E-state index contributed by atoms with van der Waals surface area (Å²) in [6.07, 6.45) is 3.48. The summed E-state index contributed by atoms with van der Waals surface area (Å²) in [5.74, 6) is -0.144. The maximum absolute atomic E-state index is 12.8.